The van der Waals surface area contributed by atoms with Gasteiger partial charge in [0.25, 0.3) is 0 Å². The Labute approximate surface area is 118 Å². The van der Waals surface area contributed by atoms with Crippen molar-refractivity contribution in [2.75, 3.05) is 19.4 Å². The standard InChI is InChI=1S/C12H21O7P/c1-10(2)12(14)19-8-5-3-4-7-18-11(13)6-9-20(15,16)17/h1,3-9H2,2H3,(H2,15,16,17). The highest BCUT2D eigenvalue weighted by atomic mass is 31.2. The normalized spacial score (nSPS) is 10.9. The van der Waals surface area contributed by atoms with Gasteiger partial charge in [-0.2, -0.15) is 0 Å². The van der Waals surface area contributed by atoms with E-state index in [0.29, 0.717) is 18.4 Å². The van der Waals surface area contributed by atoms with Crippen LogP contribution in [0.2, 0.25) is 0 Å². The third-order valence-corrected chi connectivity index (χ3v) is 3.05. The maximum atomic E-state index is 11.1. The topological polar surface area (TPSA) is 110 Å². The second-order valence-corrected chi connectivity index (χ2v) is 6.11. The Morgan fingerprint density at radius 3 is 2.15 bits per heavy atom. The first-order valence-electron chi connectivity index (χ1n) is 6.25. The molecule has 0 saturated carbocycles. The van der Waals surface area contributed by atoms with Gasteiger partial charge in [0.1, 0.15) is 0 Å². The van der Waals surface area contributed by atoms with Crippen LogP contribution in [0, 0.1) is 0 Å². The minimum atomic E-state index is -4.15. The van der Waals surface area contributed by atoms with Gasteiger partial charge in [0.15, 0.2) is 0 Å². The summed E-state index contributed by atoms with van der Waals surface area (Å²) in [6.07, 6.45) is 1.18. The van der Waals surface area contributed by atoms with E-state index in [4.69, 9.17) is 19.3 Å². The Bertz CT molecular complexity index is 385. The van der Waals surface area contributed by atoms with Crippen LogP contribution >= 0.6 is 7.60 Å². The lowest BCUT2D eigenvalue weighted by molar-refractivity contribution is -0.143. The lowest BCUT2D eigenvalue weighted by Crippen LogP contribution is -2.09. The highest BCUT2D eigenvalue weighted by molar-refractivity contribution is 7.51. The van der Waals surface area contributed by atoms with Crippen LogP contribution < -0.4 is 0 Å². The van der Waals surface area contributed by atoms with Crippen LogP contribution in [0.5, 0.6) is 0 Å². The van der Waals surface area contributed by atoms with Crippen molar-refractivity contribution < 1.29 is 33.4 Å². The van der Waals surface area contributed by atoms with E-state index in [2.05, 4.69) is 6.58 Å². The van der Waals surface area contributed by atoms with Crippen molar-refractivity contribution in [2.24, 2.45) is 0 Å². The summed E-state index contributed by atoms with van der Waals surface area (Å²) in [6.45, 7) is 5.50. The van der Waals surface area contributed by atoms with Crippen molar-refractivity contribution in [3.05, 3.63) is 12.2 Å². The van der Waals surface area contributed by atoms with E-state index in [9.17, 15) is 14.2 Å². The molecule has 8 heteroatoms. The number of carbonyl (C=O) groups excluding carboxylic acids is 2. The molecule has 0 saturated heterocycles. The molecule has 116 valence electrons. The van der Waals surface area contributed by atoms with Crippen molar-refractivity contribution >= 4 is 19.5 Å². The fourth-order valence-electron chi connectivity index (χ4n) is 1.16. The molecule has 0 aromatic heterocycles. The fraction of sp³-hybridized carbons (Fsp3) is 0.667. The molecule has 2 N–H and O–H groups in total. The molecule has 0 amide bonds. The second kappa shape index (κ2) is 9.69. The van der Waals surface area contributed by atoms with Crippen molar-refractivity contribution in [1.29, 1.82) is 0 Å². The Kier molecular flexibility index (Phi) is 9.12. The number of hydrogen-bond donors (Lipinski definition) is 2. The molecule has 0 fully saturated rings. The third kappa shape index (κ3) is 11.9. The predicted octanol–water partition coefficient (Wildman–Crippen LogP) is 1.39. The summed E-state index contributed by atoms with van der Waals surface area (Å²) in [5.74, 6) is -1.05. The molecule has 0 aliphatic rings. The van der Waals surface area contributed by atoms with E-state index in [0.717, 1.165) is 6.42 Å². The van der Waals surface area contributed by atoms with Crippen molar-refractivity contribution in [3.63, 3.8) is 0 Å². The molecule has 0 unspecified atom stereocenters. The van der Waals surface area contributed by atoms with Crippen LogP contribution in [0.4, 0.5) is 0 Å². The molecule has 0 radical (unpaired) electrons. The molecule has 0 bridgehead atoms. The summed E-state index contributed by atoms with van der Waals surface area (Å²) in [7, 11) is -4.15. The molecular weight excluding hydrogens is 287 g/mol. The first-order chi connectivity index (χ1) is 9.22. The average molecular weight is 308 g/mol. The number of rotatable bonds is 10. The van der Waals surface area contributed by atoms with Crippen molar-refractivity contribution in [3.8, 4) is 0 Å². The van der Waals surface area contributed by atoms with Gasteiger partial charge in [-0.05, 0) is 26.2 Å². The van der Waals surface area contributed by atoms with Gasteiger partial charge in [0.05, 0.1) is 25.8 Å². The number of unbranched alkanes of at least 4 members (excludes halogenated alkanes) is 2. The summed E-state index contributed by atoms with van der Waals surface area (Å²) in [5, 5.41) is 0. The van der Waals surface area contributed by atoms with Gasteiger partial charge in [-0.3, -0.25) is 9.36 Å². The van der Waals surface area contributed by atoms with Gasteiger partial charge in [0.2, 0.25) is 0 Å². The minimum absolute atomic E-state index is 0.189. The van der Waals surface area contributed by atoms with Crippen molar-refractivity contribution in [2.45, 2.75) is 32.6 Å². The summed E-state index contributed by atoms with van der Waals surface area (Å²) < 4.78 is 20.2. The molecule has 20 heavy (non-hydrogen) atoms. The van der Waals surface area contributed by atoms with Crippen LogP contribution in [-0.2, 0) is 23.6 Å². The quantitative estimate of drug-likeness (QED) is 0.271. The van der Waals surface area contributed by atoms with E-state index >= 15 is 0 Å². The molecule has 0 heterocycles. The number of carbonyl (C=O) groups is 2. The van der Waals surface area contributed by atoms with Crippen LogP contribution in [0.15, 0.2) is 12.2 Å². The molecule has 0 aromatic carbocycles. The molecule has 0 atom stereocenters. The van der Waals surface area contributed by atoms with Crippen molar-refractivity contribution in [1.82, 2.24) is 0 Å². The van der Waals surface area contributed by atoms with Gasteiger partial charge in [-0.25, -0.2) is 4.79 Å². The highest BCUT2D eigenvalue weighted by Gasteiger charge is 2.15. The Balaban J connectivity index is 3.44. The summed E-state index contributed by atoms with van der Waals surface area (Å²) in [5.41, 5.74) is 0.351. The second-order valence-electron chi connectivity index (χ2n) is 4.34. The lowest BCUT2D eigenvalue weighted by atomic mass is 10.2. The minimum Gasteiger partial charge on any atom is -0.466 e. The molecular formula is C12H21O7P. The molecule has 0 aromatic rings. The largest absolute Gasteiger partial charge is 0.466 e. The highest BCUT2D eigenvalue weighted by Crippen LogP contribution is 2.34. The monoisotopic (exact) mass is 308 g/mol. The zero-order chi connectivity index (χ0) is 15.6. The van der Waals surface area contributed by atoms with Gasteiger partial charge in [-0.15, -0.1) is 0 Å². The van der Waals surface area contributed by atoms with E-state index in [1.54, 1.807) is 6.92 Å². The fourth-order valence-corrected chi connectivity index (χ4v) is 1.64. The van der Waals surface area contributed by atoms with Gasteiger partial charge in [-0.1, -0.05) is 6.58 Å². The van der Waals surface area contributed by atoms with E-state index in [-0.39, 0.29) is 19.6 Å². The summed E-state index contributed by atoms with van der Waals surface area (Å²) in [4.78, 5) is 39.3. The summed E-state index contributed by atoms with van der Waals surface area (Å²) >= 11 is 0. The van der Waals surface area contributed by atoms with E-state index in [1.165, 1.54) is 0 Å². The molecule has 0 aliphatic heterocycles. The predicted molar refractivity (Wildman–Crippen MR) is 72.1 cm³/mol. The molecule has 0 aliphatic carbocycles. The number of esters is 2. The smallest absolute Gasteiger partial charge is 0.333 e. The van der Waals surface area contributed by atoms with E-state index in [1.807, 2.05) is 0 Å². The zero-order valence-corrected chi connectivity index (χ0v) is 12.4. The van der Waals surface area contributed by atoms with Crippen LogP contribution in [0.1, 0.15) is 32.6 Å². The first kappa shape index (κ1) is 18.8. The molecule has 7 nitrogen and oxygen atoms in total. The lowest BCUT2D eigenvalue weighted by Gasteiger charge is -2.06. The van der Waals surface area contributed by atoms with E-state index < -0.39 is 25.7 Å². The van der Waals surface area contributed by atoms with Crippen LogP contribution in [-0.4, -0.2) is 41.1 Å². The SMILES string of the molecule is C=C(C)C(=O)OCCCCCOC(=O)CCP(=O)(O)O. The van der Waals surface area contributed by atoms with Gasteiger partial charge >= 0.3 is 19.5 Å². The van der Waals surface area contributed by atoms with Crippen LogP contribution in [0.25, 0.3) is 0 Å². The Morgan fingerprint density at radius 2 is 1.65 bits per heavy atom. The summed E-state index contributed by atoms with van der Waals surface area (Å²) in [6, 6.07) is 0. The number of ether oxygens (including phenoxy) is 2. The molecule has 0 spiro atoms. The number of hydrogen-bond acceptors (Lipinski definition) is 5. The Hall–Kier alpha value is -1.17. The Morgan fingerprint density at radius 1 is 1.10 bits per heavy atom. The third-order valence-electron chi connectivity index (χ3n) is 2.24. The molecule has 0 rings (SSSR count). The maximum absolute atomic E-state index is 11.1. The average Bonchev–Trinajstić information content (AvgIpc) is 2.33. The first-order valence-corrected chi connectivity index (χ1v) is 8.05. The van der Waals surface area contributed by atoms with Gasteiger partial charge in [0, 0.05) is 5.57 Å². The van der Waals surface area contributed by atoms with Crippen LogP contribution in [0.3, 0.4) is 0 Å². The maximum Gasteiger partial charge on any atom is 0.333 e. The zero-order valence-electron chi connectivity index (χ0n) is 11.5. The van der Waals surface area contributed by atoms with Gasteiger partial charge < -0.3 is 19.3 Å².